The number of fused-ring (bicyclic) bond motifs is 3. The van der Waals surface area contributed by atoms with Crippen LogP contribution in [0.4, 0.5) is 23.8 Å². The maximum absolute atomic E-state index is 13.0. The predicted molar refractivity (Wildman–Crippen MR) is 118 cm³/mol. The number of alkyl halides is 3. The highest BCUT2D eigenvalue weighted by molar-refractivity contribution is 5.79. The van der Waals surface area contributed by atoms with Crippen LogP contribution in [0.5, 0.6) is 0 Å². The number of nitrogens with zero attached hydrogens (tertiary/aromatic N) is 1. The second kappa shape index (κ2) is 9.25. The molecule has 3 aromatic rings. The fourth-order valence-electron chi connectivity index (χ4n) is 3.83. The molecule has 0 bridgehead atoms. The molecule has 0 fully saturated rings. The van der Waals surface area contributed by atoms with Gasteiger partial charge >= 0.3 is 12.3 Å². The Morgan fingerprint density at radius 2 is 1.67 bits per heavy atom. The summed E-state index contributed by atoms with van der Waals surface area (Å²) < 4.78 is 44.6. The van der Waals surface area contributed by atoms with E-state index >= 15 is 0 Å². The van der Waals surface area contributed by atoms with Gasteiger partial charge in [-0.1, -0.05) is 60.4 Å². The molecule has 4 rings (SSSR count). The number of ether oxygens (including phenoxy) is 1. The first-order valence-corrected chi connectivity index (χ1v) is 10.3. The number of benzene rings is 2. The second-order valence-corrected chi connectivity index (χ2v) is 7.43. The van der Waals surface area contributed by atoms with E-state index in [-0.39, 0.29) is 36.9 Å². The van der Waals surface area contributed by atoms with Crippen molar-refractivity contribution in [3.05, 3.63) is 83.0 Å². The van der Waals surface area contributed by atoms with Crippen molar-refractivity contribution in [3.8, 4) is 23.0 Å². The summed E-state index contributed by atoms with van der Waals surface area (Å²) in [6.07, 6.45) is -5.12. The summed E-state index contributed by atoms with van der Waals surface area (Å²) in [5.41, 5.74) is 8.43. The van der Waals surface area contributed by atoms with E-state index in [9.17, 15) is 18.0 Å². The monoisotopic (exact) mass is 451 g/mol. The normalized spacial score (nSPS) is 12.3. The number of anilines is 1. The Kier molecular flexibility index (Phi) is 6.22. The minimum Gasteiger partial charge on any atom is -0.449 e. The lowest BCUT2D eigenvalue weighted by Crippen LogP contribution is -2.26. The van der Waals surface area contributed by atoms with Gasteiger partial charge in [0.1, 0.15) is 12.4 Å². The molecule has 0 unspecified atom stereocenters. The third kappa shape index (κ3) is 4.93. The lowest BCUT2D eigenvalue weighted by atomic mass is 9.98. The molecule has 1 amide bonds. The molecule has 2 aromatic carbocycles. The van der Waals surface area contributed by atoms with Gasteiger partial charge in [0, 0.05) is 18.9 Å². The van der Waals surface area contributed by atoms with Crippen molar-refractivity contribution in [1.29, 1.82) is 0 Å². The zero-order valence-electron chi connectivity index (χ0n) is 17.4. The standard InChI is InChI=1S/C25H20F3N3O2/c26-25(27,28)23-16(12-13-22(29)31-23)7-5-6-14-30-24(32)33-15-21-19-10-3-1-8-17(19)18-9-2-4-11-20(18)21/h1-4,8-13,21H,6,14-15H2,(H2,29,31)(H,30,32). The van der Waals surface area contributed by atoms with Crippen LogP contribution in [0, 0.1) is 11.8 Å². The molecule has 3 N–H and O–H groups in total. The van der Waals surface area contributed by atoms with Crippen LogP contribution in [0.15, 0.2) is 60.7 Å². The van der Waals surface area contributed by atoms with Crippen LogP contribution >= 0.6 is 0 Å². The van der Waals surface area contributed by atoms with Gasteiger partial charge in [0.25, 0.3) is 0 Å². The molecule has 1 aliphatic carbocycles. The summed E-state index contributed by atoms with van der Waals surface area (Å²) in [5, 5.41) is 2.57. The number of pyridine rings is 1. The van der Waals surface area contributed by atoms with Crippen molar-refractivity contribution in [3.63, 3.8) is 0 Å². The first kappa shape index (κ1) is 22.2. The minimum absolute atomic E-state index is 0.0539. The number of amides is 1. The van der Waals surface area contributed by atoms with Gasteiger partial charge in [-0.25, -0.2) is 9.78 Å². The molecule has 0 atom stereocenters. The Balaban J connectivity index is 1.31. The van der Waals surface area contributed by atoms with Gasteiger partial charge in [0.15, 0.2) is 5.69 Å². The van der Waals surface area contributed by atoms with E-state index in [0.29, 0.717) is 0 Å². The van der Waals surface area contributed by atoms with Crippen molar-refractivity contribution < 1.29 is 22.7 Å². The summed E-state index contributed by atoms with van der Waals surface area (Å²) in [5.74, 6) is 4.76. The van der Waals surface area contributed by atoms with E-state index in [0.717, 1.165) is 22.3 Å². The highest BCUT2D eigenvalue weighted by Crippen LogP contribution is 2.44. The molecule has 8 heteroatoms. The van der Waals surface area contributed by atoms with Crippen molar-refractivity contribution >= 4 is 11.9 Å². The topological polar surface area (TPSA) is 77.2 Å². The Labute approximate surface area is 188 Å². The Morgan fingerprint density at radius 1 is 1.03 bits per heavy atom. The van der Waals surface area contributed by atoms with Crippen LogP contribution in [0.2, 0.25) is 0 Å². The minimum atomic E-state index is -4.65. The number of halogens is 3. The number of hydrogen-bond donors (Lipinski definition) is 2. The van der Waals surface area contributed by atoms with Crippen LogP contribution in [0.25, 0.3) is 11.1 Å². The lowest BCUT2D eigenvalue weighted by Gasteiger charge is -2.14. The van der Waals surface area contributed by atoms with Crippen molar-refractivity contribution in [2.75, 3.05) is 18.9 Å². The van der Waals surface area contributed by atoms with Gasteiger partial charge in [0.05, 0.1) is 5.56 Å². The SMILES string of the molecule is Nc1ccc(C#CCCNC(=O)OCC2c3ccccc3-c3ccccc32)c(C(F)(F)F)n1. The molecular weight excluding hydrogens is 431 g/mol. The average Bonchev–Trinajstić information content (AvgIpc) is 3.11. The van der Waals surface area contributed by atoms with E-state index in [4.69, 9.17) is 10.5 Å². The molecule has 5 nitrogen and oxygen atoms in total. The highest BCUT2D eigenvalue weighted by Gasteiger charge is 2.35. The number of nitrogens with one attached hydrogen (secondary N) is 1. The molecule has 0 spiro atoms. The van der Waals surface area contributed by atoms with Gasteiger partial charge in [-0.05, 0) is 34.4 Å². The van der Waals surface area contributed by atoms with Crippen molar-refractivity contribution in [1.82, 2.24) is 10.3 Å². The number of carbonyl (C=O) groups is 1. The molecule has 0 saturated heterocycles. The number of nitrogen functional groups attached to an aromatic ring is 1. The third-order valence-electron chi connectivity index (χ3n) is 5.27. The molecule has 1 aliphatic rings. The maximum Gasteiger partial charge on any atom is 0.434 e. The highest BCUT2D eigenvalue weighted by atomic mass is 19.4. The van der Waals surface area contributed by atoms with E-state index in [2.05, 4.69) is 22.1 Å². The molecule has 0 saturated carbocycles. The summed E-state index contributed by atoms with van der Waals surface area (Å²) in [4.78, 5) is 15.5. The Bertz CT molecular complexity index is 1200. The zero-order chi connectivity index (χ0) is 23.4. The molecule has 0 aliphatic heterocycles. The number of alkyl carbamates (subject to hydrolysis) is 1. The second-order valence-electron chi connectivity index (χ2n) is 7.43. The van der Waals surface area contributed by atoms with Crippen LogP contribution in [0.1, 0.15) is 34.7 Å². The van der Waals surface area contributed by atoms with Gasteiger partial charge in [-0.15, -0.1) is 0 Å². The Morgan fingerprint density at radius 3 is 2.30 bits per heavy atom. The zero-order valence-corrected chi connectivity index (χ0v) is 17.4. The van der Waals surface area contributed by atoms with Crippen LogP contribution in [0.3, 0.4) is 0 Å². The summed E-state index contributed by atoms with van der Waals surface area (Å²) in [6, 6.07) is 18.5. The largest absolute Gasteiger partial charge is 0.449 e. The first-order chi connectivity index (χ1) is 15.8. The van der Waals surface area contributed by atoms with E-state index in [1.54, 1.807) is 0 Å². The van der Waals surface area contributed by atoms with Gasteiger partial charge in [-0.2, -0.15) is 13.2 Å². The van der Waals surface area contributed by atoms with Crippen molar-refractivity contribution in [2.24, 2.45) is 0 Å². The Hall–Kier alpha value is -3.99. The lowest BCUT2D eigenvalue weighted by molar-refractivity contribution is -0.141. The molecule has 0 radical (unpaired) electrons. The molecular formula is C25H20F3N3O2. The van der Waals surface area contributed by atoms with E-state index in [1.165, 1.54) is 12.1 Å². The molecule has 33 heavy (non-hydrogen) atoms. The number of aromatic nitrogens is 1. The van der Waals surface area contributed by atoms with Crippen LogP contribution < -0.4 is 11.1 Å². The summed E-state index contributed by atoms with van der Waals surface area (Å²) in [7, 11) is 0. The number of rotatable bonds is 4. The predicted octanol–water partition coefficient (Wildman–Crippen LogP) is 4.96. The average molecular weight is 451 g/mol. The first-order valence-electron chi connectivity index (χ1n) is 10.3. The number of carbonyl (C=O) groups excluding carboxylic acids is 1. The van der Waals surface area contributed by atoms with Crippen LogP contribution in [-0.2, 0) is 10.9 Å². The van der Waals surface area contributed by atoms with Crippen LogP contribution in [-0.4, -0.2) is 24.2 Å². The molecule has 1 aromatic heterocycles. The smallest absolute Gasteiger partial charge is 0.434 e. The van der Waals surface area contributed by atoms with E-state index in [1.807, 2.05) is 48.5 Å². The fourth-order valence-corrected chi connectivity index (χ4v) is 3.83. The van der Waals surface area contributed by atoms with Gasteiger partial charge < -0.3 is 15.8 Å². The van der Waals surface area contributed by atoms with E-state index < -0.39 is 18.0 Å². The van der Waals surface area contributed by atoms with Gasteiger partial charge in [-0.3, -0.25) is 0 Å². The number of hydrogen-bond acceptors (Lipinski definition) is 4. The maximum atomic E-state index is 13.0. The number of nitrogens with two attached hydrogens (primary N) is 1. The fraction of sp³-hybridized carbons (Fsp3) is 0.200. The quantitative estimate of drug-likeness (QED) is 0.434. The molecule has 1 heterocycles. The molecule has 168 valence electrons. The van der Waals surface area contributed by atoms with Crippen molar-refractivity contribution in [2.45, 2.75) is 18.5 Å². The third-order valence-corrected chi connectivity index (χ3v) is 5.27. The van der Waals surface area contributed by atoms with Gasteiger partial charge in [0.2, 0.25) is 0 Å². The summed E-state index contributed by atoms with van der Waals surface area (Å²) in [6.45, 7) is 0.311. The summed E-state index contributed by atoms with van der Waals surface area (Å²) >= 11 is 0.